The highest BCUT2D eigenvalue weighted by Gasteiger charge is 2.20. The molecule has 0 aliphatic rings. The number of nitrogens with zero attached hydrogens (tertiary/aromatic N) is 3. The molecular formula is C20H20N4O2S. The molecule has 2 aromatic carbocycles. The number of ether oxygens (including phenoxy) is 1. The first kappa shape index (κ1) is 18.6. The Morgan fingerprint density at radius 2 is 1.74 bits per heavy atom. The number of anilines is 1. The van der Waals surface area contributed by atoms with E-state index in [4.69, 9.17) is 15.5 Å². The van der Waals surface area contributed by atoms with Crippen LogP contribution < -0.4 is 10.5 Å². The van der Waals surface area contributed by atoms with E-state index >= 15 is 0 Å². The molecule has 0 aliphatic heterocycles. The van der Waals surface area contributed by atoms with Gasteiger partial charge in [-0.3, -0.25) is 9.56 Å². The number of hydrogen-bond acceptors (Lipinski definition) is 5. The summed E-state index contributed by atoms with van der Waals surface area (Å²) in [6.45, 7) is 2.04. The highest BCUT2D eigenvalue weighted by atomic mass is 32.1. The van der Waals surface area contributed by atoms with E-state index in [-0.39, 0.29) is 6.61 Å². The van der Waals surface area contributed by atoms with Crippen LogP contribution in [0.15, 0.2) is 70.6 Å². The maximum atomic E-state index is 12.3. The lowest BCUT2D eigenvalue weighted by Crippen LogP contribution is -2.17. The molecule has 6 nitrogen and oxygen atoms in total. The summed E-state index contributed by atoms with van der Waals surface area (Å²) >= 11 is 1.18. The van der Waals surface area contributed by atoms with Gasteiger partial charge in [-0.25, -0.2) is 9.79 Å². The molecule has 0 atom stereocenters. The molecule has 3 aromatic rings. The number of aromatic nitrogens is 1. The molecule has 3 rings (SSSR count). The SMILES string of the molecule is CCOC(=O)c1sc(=NC(=NC)c2ccccc2)n(-c2ccccc2)c1N. The largest absolute Gasteiger partial charge is 0.462 e. The molecule has 7 heteroatoms. The molecule has 0 amide bonds. The van der Waals surface area contributed by atoms with Gasteiger partial charge in [0, 0.05) is 18.3 Å². The van der Waals surface area contributed by atoms with Crippen LogP contribution in [-0.2, 0) is 4.74 Å². The lowest BCUT2D eigenvalue weighted by Gasteiger charge is -2.06. The molecule has 0 aliphatic carbocycles. The van der Waals surface area contributed by atoms with Crippen LogP contribution in [0.4, 0.5) is 5.82 Å². The molecule has 0 fully saturated rings. The van der Waals surface area contributed by atoms with E-state index < -0.39 is 5.97 Å². The Bertz CT molecular complexity index is 1020. The topological polar surface area (TPSA) is 82.0 Å². The van der Waals surface area contributed by atoms with Crippen LogP contribution in [0.2, 0.25) is 0 Å². The van der Waals surface area contributed by atoms with Gasteiger partial charge < -0.3 is 10.5 Å². The quantitative estimate of drug-likeness (QED) is 0.428. The number of hydrogen-bond donors (Lipinski definition) is 1. The van der Waals surface area contributed by atoms with Gasteiger partial charge in [-0.05, 0) is 19.1 Å². The van der Waals surface area contributed by atoms with Gasteiger partial charge in [-0.1, -0.05) is 59.9 Å². The Labute approximate surface area is 161 Å². The highest BCUT2D eigenvalue weighted by Crippen LogP contribution is 2.21. The summed E-state index contributed by atoms with van der Waals surface area (Å²) in [5, 5.41) is 0. The molecule has 138 valence electrons. The molecule has 0 bridgehead atoms. The Kier molecular flexibility index (Phi) is 5.83. The van der Waals surface area contributed by atoms with Gasteiger partial charge in [0.2, 0.25) is 0 Å². The summed E-state index contributed by atoms with van der Waals surface area (Å²) in [5.74, 6) is 0.393. The molecule has 0 spiro atoms. The maximum Gasteiger partial charge on any atom is 0.352 e. The fourth-order valence-corrected chi connectivity index (χ4v) is 3.51. The number of para-hydroxylation sites is 1. The monoisotopic (exact) mass is 380 g/mol. The second kappa shape index (κ2) is 8.46. The van der Waals surface area contributed by atoms with E-state index in [2.05, 4.69) is 4.99 Å². The third-order valence-corrected chi connectivity index (χ3v) is 4.82. The van der Waals surface area contributed by atoms with Crippen molar-refractivity contribution >= 4 is 29.0 Å². The van der Waals surface area contributed by atoms with Crippen molar-refractivity contribution < 1.29 is 9.53 Å². The zero-order valence-corrected chi connectivity index (χ0v) is 15.9. The number of rotatable bonds is 4. The minimum atomic E-state index is -0.458. The molecule has 1 heterocycles. The predicted molar refractivity (Wildman–Crippen MR) is 108 cm³/mol. The summed E-state index contributed by atoms with van der Waals surface area (Å²) in [7, 11) is 1.68. The summed E-state index contributed by atoms with van der Waals surface area (Å²) in [5.41, 5.74) is 7.98. The smallest absolute Gasteiger partial charge is 0.352 e. The van der Waals surface area contributed by atoms with Crippen LogP contribution in [0.25, 0.3) is 5.69 Å². The number of aliphatic imine (C=N–C) groups is 1. The average molecular weight is 380 g/mol. The van der Waals surface area contributed by atoms with Gasteiger partial charge in [-0.15, -0.1) is 0 Å². The van der Waals surface area contributed by atoms with Crippen LogP contribution in [0.1, 0.15) is 22.2 Å². The van der Waals surface area contributed by atoms with Crippen molar-refractivity contribution in [2.24, 2.45) is 9.98 Å². The van der Waals surface area contributed by atoms with E-state index in [0.717, 1.165) is 11.3 Å². The van der Waals surface area contributed by atoms with Gasteiger partial charge in [0.25, 0.3) is 0 Å². The van der Waals surface area contributed by atoms with Gasteiger partial charge in [0.05, 0.1) is 6.61 Å². The third kappa shape index (κ3) is 3.98. The minimum Gasteiger partial charge on any atom is -0.462 e. The van der Waals surface area contributed by atoms with Crippen LogP contribution >= 0.6 is 11.3 Å². The van der Waals surface area contributed by atoms with Crippen LogP contribution in [-0.4, -0.2) is 30.0 Å². The fourth-order valence-electron chi connectivity index (χ4n) is 2.56. The number of carbonyl (C=O) groups excluding carboxylic acids is 1. The maximum absolute atomic E-state index is 12.3. The van der Waals surface area contributed by atoms with Gasteiger partial charge >= 0.3 is 5.97 Å². The van der Waals surface area contributed by atoms with Crippen molar-refractivity contribution in [2.75, 3.05) is 19.4 Å². The van der Waals surface area contributed by atoms with E-state index in [9.17, 15) is 4.79 Å². The third-order valence-electron chi connectivity index (χ3n) is 3.78. The highest BCUT2D eigenvalue weighted by molar-refractivity contribution is 7.11. The lowest BCUT2D eigenvalue weighted by atomic mass is 10.2. The van der Waals surface area contributed by atoms with Gasteiger partial charge in [0.1, 0.15) is 5.82 Å². The number of nitrogen functional groups attached to an aromatic ring is 1. The number of thiazole rings is 1. The number of carbonyl (C=O) groups is 1. The molecular weight excluding hydrogens is 360 g/mol. The Balaban J connectivity index is 2.22. The van der Waals surface area contributed by atoms with Crippen LogP contribution in [0.3, 0.4) is 0 Å². The first-order valence-electron chi connectivity index (χ1n) is 8.46. The Morgan fingerprint density at radius 3 is 2.33 bits per heavy atom. The van der Waals surface area contributed by atoms with Crippen molar-refractivity contribution in [3.8, 4) is 5.69 Å². The fraction of sp³-hybridized carbons (Fsp3) is 0.150. The lowest BCUT2D eigenvalue weighted by molar-refractivity contribution is 0.0533. The van der Waals surface area contributed by atoms with Gasteiger partial charge in [0.15, 0.2) is 15.5 Å². The second-order valence-electron chi connectivity index (χ2n) is 5.52. The predicted octanol–water partition coefficient (Wildman–Crippen LogP) is 3.28. The standard InChI is InChI=1S/C20H20N4O2S/c1-3-26-19(25)16-17(21)24(15-12-8-5-9-13-15)20(27-16)23-18(22-2)14-10-6-4-7-11-14/h4-13H,3,21H2,1-2H3. The van der Waals surface area contributed by atoms with Crippen molar-refractivity contribution in [1.82, 2.24) is 4.57 Å². The van der Waals surface area contributed by atoms with E-state index in [1.54, 1.807) is 18.5 Å². The molecule has 1 aromatic heterocycles. The summed E-state index contributed by atoms with van der Waals surface area (Å²) in [6.07, 6.45) is 0. The average Bonchev–Trinajstić information content (AvgIpc) is 3.03. The van der Waals surface area contributed by atoms with Gasteiger partial charge in [-0.2, -0.15) is 0 Å². The number of nitrogens with two attached hydrogens (primary N) is 1. The van der Waals surface area contributed by atoms with Crippen molar-refractivity contribution in [3.05, 3.63) is 75.9 Å². The van der Waals surface area contributed by atoms with E-state index in [1.807, 2.05) is 60.7 Å². The molecule has 27 heavy (non-hydrogen) atoms. The first-order valence-corrected chi connectivity index (χ1v) is 9.28. The second-order valence-corrected chi connectivity index (χ2v) is 6.49. The summed E-state index contributed by atoms with van der Waals surface area (Å²) in [4.78, 5) is 22.2. The van der Waals surface area contributed by atoms with Crippen molar-refractivity contribution in [2.45, 2.75) is 6.92 Å². The van der Waals surface area contributed by atoms with Crippen LogP contribution in [0.5, 0.6) is 0 Å². The zero-order chi connectivity index (χ0) is 19.2. The number of amidine groups is 1. The Hall–Kier alpha value is -3.19. The molecule has 0 saturated carbocycles. The van der Waals surface area contributed by atoms with Crippen molar-refractivity contribution in [3.63, 3.8) is 0 Å². The van der Waals surface area contributed by atoms with Crippen LogP contribution in [0, 0.1) is 0 Å². The molecule has 0 radical (unpaired) electrons. The van der Waals surface area contributed by atoms with Crippen molar-refractivity contribution in [1.29, 1.82) is 0 Å². The Morgan fingerprint density at radius 1 is 1.11 bits per heavy atom. The first-order chi connectivity index (χ1) is 13.2. The van der Waals surface area contributed by atoms with E-state index in [1.165, 1.54) is 11.3 Å². The minimum absolute atomic E-state index is 0.277. The summed E-state index contributed by atoms with van der Waals surface area (Å²) < 4.78 is 6.88. The zero-order valence-electron chi connectivity index (χ0n) is 15.1. The number of esters is 1. The molecule has 0 unspecified atom stereocenters. The summed E-state index contributed by atoms with van der Waals surface area (Å²) in [6, 6.07) is 19.2. The van der Waals surface area contributed by atoms with E-state index in [0.29, 0.717) is 21.3 Å². The molecule has 0 saturated heterocycles. The normalized spacial score (nSPS) is 12.2. The molecule has 2 N–H and O–H groups in total. The number of benzene rings is 2.